The highest BCUT2D eigenvalue weighted by atomic mass is 16.5. The molecule has 2 heterocycles. The van der Waals surface area contributed by atoms with Gasteiger partial charge in [-0.15, -0.1) is 0 Å². The van der Waals surface area contributed by atoms with Crippen LogP contribution in [0.1, 0.15) is 6.92 Å². The fraction of sp³-hybridized carbons (Fsp3) is 0.130. The molecule has 0 saturated heterocycles. The first-order chi connectivity index (χ1) is 14.0. The number of fused-ring (bicyclic) bond motifs is 1. The van der Waals surface area contributed by atoms with Crippen molar-refractivity contribution >= 4 is 22.5 Å². The number of nitrogens with one attached hydrogen (secondary N) is 1. The van der Waals surface area contributed by atoms with E-state index in [2.05, 4.69) is 4.98 Å². The summed E-state index contributed by atoms with van der Waals surface area (Å²) in [6, 6.07) is 17.0. The van der Waals surface area contributed by atoms with Crippen LogP contribution in [0.5, 0.6) is 11.5 Å². The van der Waals surface area contributed by atoms with Gasteiger partial charge in [-0.3, -0.25) is 9.59 Å². The molecule has 0 aliphatic heterocycles. The van der Waals surface area contributed by atoms with Gasteiger partial charge in [0.1, 0.15) is 17.0 Å². The molecule has 0 unspecified atom stereocenters. The van der Waals surface area contributed by atoms with Crippen molar-refractivity contribution in [3.05, 3.63) is 77.3 Å². The average Bonchev–Trinajstić information content (AvgIpc) is 3.21. The summed E-state index contributed by atoms with van der Waals surface area (Å²) in [5.41, 5.74) is 2.80. The van der Waals surface area contributed by atoms with Crippen molar-refractivity contribution < 1.29 is 9.53 Å². The van der Waals surface area contributed by atoms with Crippen LogP contribution >= 0.6 is 0 Å². The Hall–Kier alpha value is -3.80. The molecule has 6 nitrogen and oxygen atoms in total. The first kappa shape index (κ1) is 18.6. The summed E-state index contributed by atoms with van der Waals surface area (Å²) in [7, 11) is 3.45. The van der Waals surface area contributed by atoms with E-state index in [0.29, 0.717) is 17.0 Å². The van der Waals surface area contributed by atoms with Crippen LogP contribution < -0.4 is 15.2 Å². The third kappa shape index (κ3) is 3.40. The van der Waals surface area contributed by atoms with E-state index < -0.39 is 0 Å². The van der Waals surface area contributed by atoms with Gasteiger partial charge < -0.3 is 19.2 Å². The molecule has 1 amide bonds. The molecule has 0 bridgehead atoms. The number of pyridine rings is 1. The Kier molecular flexibility index (Phi) is 4.68. The van der Waals surface area contributed by atoms with Crippen LogP contribution in [0.2, 0.25) is 0 Å². The Morgan fingerprint density at radius 2 is 1.83 bits per heavy atom. The molecule has 2 aromatic carbocycles. The number of H-pyrrole nitrogens is 1. The minimum Gasteiger partial charge on any atom is -0.457 e. The number of carbonyl (C=O) groups excluding carboxylic acids is 1. The zero-order valence-electron chi connectivity index (χ0n) is 16.5. The molecule has 4 rings (SSSR count). The predicted molar refractivity (Wildman–Crippen MR) is 115 cm³/mol. The summed E-state index contributed by atoms with van der Waals surface area (Å²) in [6.45, 7) is 1.52. The minimum absolute atomic E-state index is 0.0695. The summed E-state index contributed by atoms with van der Waals surface area (Å²) in [4.78, 5) is 28.9. The number of para-hydroxylation sites is 1. The quantitative estimate of drug-likeness (QED) is 0.567. The minimum atomic E-state index is -0.101. The van der Waals surface area contributed by atoms with Crippen LogP contribution in [0.3, 0.4) is 0 Å². The average molecular weight is 387 g/mol. The molecular formula is C23H21N3O3. The van der Waals surface area contributed by atoms with Crippen LogP contribution in [0.25, 0.3) is 22.0 Å². The van der Waals surface area contributed by atoms with Crippen molar-refractivity contribution in [2.45, 2.75) is 6.92 Å². The standard InChI is InChI=1S/C23H21N3O3/c1-15(27)26(3)16-9-10-21(29-17-7-5-4-6-8-17)19(13-16)20-14-25(2)23(28)22-18(20)11-12-24-22/h4-14,24H,1-3H3. The van der Waals surface area contributed by atoms with Crippen LogP contribution in [-0.2, 0) is 11.8 Å². The summed E-state index contributed by atoms with van der Waals surface area (Å²) >= 11 is 0. The van der Waals surface area contributed by atoms with Gasteiger partial charge in [-0.2, -0.15) is 0 Å². The Labute approximate surface area is 168 Å². The van der Waals surface area contributed by atoms with E-state index in [1.807, 2.05) is 54.6 Å². The molecule has 0 aliphatic rings. The van der Waals surface area contributed by atoms with E-state index in [1.165, 1.54) is 6.92 Å². The lowest BCUT2D eigenvalue weighted by molar-refractivity contribution is -0.116. The molecule has 0 aliphatic carbocycles. The second-order valence-electron chi connectivity index (χ2n) is 6.90. The second kappa shape index (κ2) is 7.31. The fourth-order valence-electron chi connectivity index (χ4n) is 3.31. The van der Waals surface area contributed by atoms with Gasteiger partial charge >= 0.3 is 0 Å². The molecule has 0 radical (unpaired) electrons. The van der Waals surface area contributed by atoms with Gasteiger partial charge in [0.2, 0.25) is 5.91 Å². The molecular weight excluding hydrogens is 366 g/mol. The van der Waals surface area contributed by atoms with Gasteiger partial charge in [0.25, 0.3) is 5.56 Å². The molecule has 1 N–H and O–H groups in total. The zero-order valence-corrected chi connectivity index (χ0v) is 16.5. The summed E-state index contributed by atoms with van der Waals surface area (Å²) in [6.07, 6.45) is 3.54. The van der Waals surface area contributed by atoms with Gasteiger partial charge in [0.05, 0.1) is 0 Å². The molecule has 4 aromatic rings. The largest absolute Gasteiger partial charge is 0.457 e. The third-order valence-corrected chi connectivity index (χ3v) is 4.98. The number of rotatable bonds is 4. The Morgan fingerprint density at radius 3 is 2.55 bits per heavy atom. The number of anilines is 1. The third-order valence-electron chi connectivity index (χ3n) is 4.98. The van der Waals surface area contributed by atoms with E-state index in [9.17, 15) is 9.59 Å². The molecule has 0 saturated carbocycles. The number of aromatic nitrogens is 2. The summed E-state index contributed by atoms with van der Waals surface area (Å²) < 4.78 is 7.70. The van der Waals surface area contributed by atoms with Gasteiger partial charge in [0.15, 0.2) is 0 Å². The monoisotopic (exact) mass is 387 g/mol. The highest BCUT2D eigenvalue weighted by Gasteiger charge is 2.17. The van der Waals surface area contributed by atoms with Gasteiger partial charge in [-0.05, 0) is 36.4 Å². The number of aromatic amines is 1. The Bertz CT molecular complexity index is 1260. The number of hydrogen-bond acceptors (Lipinski definition) is 3. The van der Waals surface area contributed by atoms with Crippen molar-refractivity contribution in [2.75, 3.05) is 11.9 Å². The molecule has 146 valence electrons. The zero-order chi connectivity index (χ0) is 20.5. The van der Waals surface area contributed by atoms with Crippen LogP contribution in [0.4, 0.5) is 5.69 Å². The highest BCUT2D eigenvalue weighted by Crippen LogP contribution is 2.38. The van der Waals surface area contributed by atoms with E-state index >= 15 is 0 Å². The van der Waals surface area contributed by atoms with Crippen LogP contribution in [0, 0.1) is 0 Å². The number of ether oxygens (including phenoxy) is 1. The lowest BCUT2D eigenvalue weighted by atomic mass is 10.0. The summed E-state index contributed by atoms with van der Waals surface area (Å²) in [5, 5.41) is 0.800. The molecule has 0 fully saturated rings. The predicted octanol–water partition coefficient (Wildman–Crippen LogP) is 4.31. The van der Waals surface area contributed by atoms with Crippen molar-refractivity contribution in [1.82, 2.24) is 9.55 Å². The Morgan fingerprint density at radius 1 is 1.07 bits per heavy atom. The summed E-state index contributed by atoms with van der Waals surface area (Å²) in [5.74, 6) is 1.27. The topological polar surface area (TPSA) is 67.3 Å². The van der Waals surface area contributed by atoms with Crippen LogP contribution in [0.15, 0.2) is 71.8 Å². The van der Waals surface area contributed by atoms with Gasteiger partial charge in [0, 0.05) is 55.6 Å². The van der Waals surface area contributed by atoms with Gasteiger partial charge in [-0.1, -0.05) is 18.2 Å². The maximum absolute atomic E-state index is 12.5. The molecule has 6 heteroatoms. The first-order valence-corrected chi connectivity index (χ1v) is 9.24. The number of benzene rings is 2. The number of amides is 1. The number of carbonyl (C=O) groups is 1. The number of hydrogen-bond donors (Lipinski definition) is 1. The lowest BCUT2D eigenvalue weighted by Crippen LogP contribution is -2.22. The van der Waals surface area contributed by atoms with Crippen molar-refractivity contribution in [3.8, 4) is 22.6 Å². The normalized spacial score (nSPS) is 10.9. The first-order valence-electron chi connectivity index (χ1n) is 9.24. The van der Waals surface area contributed by atoms with Crippen molar-refractivity contribution in [2.24, 2.45) is 7.05 Å². The molecule has 2 aromatic heterocycles. The van der Waals surface area contributed by atoms with E-state index in [1.54, 1.807) is 36.0 Å². The number of aryl methyl sites for hydroxylation is 1. The lowest BCUT2D eigenvalue weighted by Gasteiger charge is -2.19. The molecule has 0 spiro atoms. The molecule has 29 heavy (non-hydrogen) atoms. The Balaban J connectivity index is 1.95. The van der Waals surface area contributed by atoms with E-state index in [-0.39, 0.29) is 11.5 Å². The van der Waals surface area contributed by atoms with E-state index in [0.717, 1.165) is 22.2 Å². The SMILES string of the molecule is CC(=O)N(C)c1ccc(Oc2ccccc2)c(-c2cn(C)c(=O)c3[nH]ccc23)c1. The maximum Gasteiger partial charge on any atom is 0.274 e. The van der Waals surface area contributed by atoms with Crippen molar-refractivity contribution in [1.29, 1.82) is 0 Å². The van der Waals surface area contributed by atoms with Crippen LogP contribution in [-0.4, -0.2) is 22.5 Å². The highest BCUT2D eigenvalue weighted by molar-refractivity contribution is 5.98. The van der Waals surface area contributed by atoms with Crippen molar-refractivity contribution in [3.63, 3.8) is 0 Å². The number of nitrogens with zero attached hydrogens (tertiary/aromatic N) is 2. The van der Waals surface area contributed by atoms with Gasteiger partial charge in [-0.25, -0.2) is 0 Å². The molecule has 0 atom stereocenters. The second-order valence-corrected chi connectivity index (χ2v) is 6.90. The smallest absolute Gasteiger partial charge is 0.274 e. The maximum atomic E-state index is 12.5. The van der Waals surface area contributed by atoms with E-state index in [4.69, 9.17) is 4.74 Å². The fourth-order valence-corrected chi connectivity index (χ4v) is 3.31.